The van der Waals surface area contributed by atoms with Crippen LogP contribution >= 0.6 is 0 Å². The summed E-state index contributed by atoms with van der Waals surface area (Å²) in [5, 5.41) is 2.79. The van der Waals surface area contributed by atoms with Gasteiger partial charge in [0, 0.05) is 0 Å². The van der Waals surface area contributed by atoms with Gasteiger partial charge < -0.3 is 10.1 Å². The fraction of sp³-hybridized carbons (Fsp3) is 0.308. The van der Waals surface area contributed by atoms with Crippen molar-refractivity contribution in [2.24, 2.45) is 23.7 Å². The molecule has 33 heavy (non-hydrogen) atoms. The Morgan fingerprint density at radius 2 is 1.58 bits per heavy atom. The zero-order valence-electron chi connectivity index (χ0n) is 18.1. The van der Waals surface area contributed by atoms with E-state index in [1.807, 2.05) is 37.3 Å². The van der Waals surface area contributed by atoms with Crippen molar-refractivity contribution in [2.75, 3.05) is 11.5 Å². The van der Waals surface area contributed by atoms with Crippen LogP contribution in [0.3, 0.4) is 0 Å². The van der Waals surface area contributed by atoms with Crippen LogP contribution in [0.4, 0.5) is 5.69 Å². The summed E-state index contributed by atoms with van der Waals surface area (Å²) in [6, 6.07) is 15.4. The molecule has 2 fully saturated rings. The first kappa shape index (κ1) is 21.1. The number of nitrogens with one attached hydrogen (secondary N) is 1. The van der Waals surface area contributed by atoms with Gasteiger partial charge in [0.25, 0.3) is 5.91 Å². The average molecular weight is 444 g/mol. The van der Waals surface area contributed by atoms with Crippen molar-refractivity contribution >= 4 is 29.4 Å². The predicted molar refractivity (Wildman–Crippen MR) is 120 cm³/mol. The quantitative estimate of drug-likeness (QED) is 0.420. The van der Waals surface area contributed by atoms with Crippen LogP contribution in [-0.2, 0) is 19.1 Å². The zero-order valence-corrected chi connectivity index (χ0v) is 18.1. The standard InChI is InChI=1S/C26H24N2O5/c1-15(16-5-3-2-4-6-16)27-21(29)14-33-26(32)17-9-11-20(12-10-17)28-24(30)22-18-7-8-19(13-18)23(22)25(28)31/h2-12,15,18-19,22-23H,13-14H2,1H3,(H,27,29)/t15-,18+,19+,22-,23+/m1/s1. The van der Waals surface area contributed by atoms with Crippen LogP contribution < -0.4 is 10.2 Å². The number of amides is 3. The van der Waals surface area contributed by atoms with Crippen LogP contribution in [0, 0.1) is 23.7 Å². The molecule has 2 aromatic rings. The van der Waals surface area contributed by atoms with Gasteiger partial charge in [0.2, 0.25) is 11.8 Å². The molecule has 0 spiro atoms. The molecule has 1 N–H and O–H groups in total. The minimum atomic E-state index is -0.651. The lowest BCUT2D eigenvalue weighted by Crippen LogP contribution is -2.33. The molecule has 3 aliphatic rings. The molecule has 2 bridgehead atoms. The summed E-state index contributed by atoms with van der Waals surface area (Å²) >= 11 is 0. The first-order chi connectivity index (χ1) is 15.9. The van der Waals surface area contributed by atoms with Gasteiger partial charge in [0.05, 0.1) is 29.1 Å². The molecule has 1 saturated carbocycles. The number of fused-ring (bicyclic) bond motifs is 5. The smallest absolute Gasteiger partial charge is 0.338 e. The molecule has 5 atom stereocenters. The molecular formula is C26H24N2O5. The van der Waals surface area contributed by atoms with Crippen molar-refractivity contribution in [2.45, 2.75) is 19.4 Å². The summed E-state index contributed by atoms with van der Waals surface area (Å²) in [5.74, 6) is -1.63. The zero-order chi connectivity index (χ0) is 23.1. The van der Waals surface area contributed by atoms with Crippen LogP contribution in [0.1, 0.15) is 35.3 Å². The highest BCUT2D eigenvalue weighted by atomic mass is 16.5. The van der Waals surface area contributed by atoms with Crippen molar-refractivity contribution in [3.63, 3.8) is 0 Å². The van der Waals surface area contributed by atoms with E-state index in [0.29, 0.717) is 5.69 Å². The maximum Gasteiger partial charge on any atom is 0.338 e. The SMILES string of the molecule is C[C@@H](NC(=O)COC(=O)c1ccc(N2C(=O)[C@@H]3[C@H](C2=O)[C@H]2C=C[C@H]3C2)cc1)c1ccccc1. The van der Waals surface area contributed by atoms with E-state index in [4.69, 9.17) is 4.74 Å². The number of carbonyl (C=O) groups excluding carboxylic acids is 4. The molecule has 1 heterocycles. The molecule has 5 rings (SSSR count). The van der Waals surface area contributed by atoms with Crippen LogP contribution in [0.25, 0.3) is 0 Å². The van der Waals surface area contributed by atoms with Gasteiger partial charge in [-0.05, 0) is 55.0 Å². The molecule has 1 aliphatic heterocycles. The van der Waals surface area contributed by atoms with Crippen LogP contribution in [0.15, 0.2) is 66.7 Å². The number of allylic oxidation sites excluding steroid dienone is 2. The van der Waals surface area contributed by atoms with E-state index >= 15 is 0 Å². The van der Waals surface area contributed by atoms with Gasteiger partial charge in [0.1, 0.15) is 0 Å². The molecular weight excluding hydrogens is 420 g/mol. The molecule has 0 aromatic heterocycles. The number of ether oxygens (including phenoxy) is 1. The Labute approximate surface area is 191 Å². The first-order valence-corrected chi connectivity index (χ1v) is 11.1. The van der Waals surface area contributed by atoms with E-state index in [2.05, 4.69) is 17.5 Å². The fourth-order valence-corrected chi connectivity index (χ4v) is 5.23. The summed E-state index contributed by atoms with van der Waals surface area (Å²) in [6.45, 7) is 1.45. The fourth-order valence-electron chi connectivity index (χ4n) is 5.23. The summed E-state index contributed by atoms with van der Waals surface area (Å²) in [6.07, 6.45) is 4.98. The minimum absolute atomic E-state index is 0.145. The molecule has 7 heteroatoms. The lowest BCUT2D eigenvalue weighted by molar-refractivity contribution is -0.125. The number of hydrogen-bond donors (Lipinski definition) is 1. The summed E-state index contributed by atoms with van der Waals surface area (Å²) in [4.78, 5) is 51.6. The van der Waals surface area contributed by atoms with Crippen LogP contribution in [-0.4, -0.2) is 30.3 Å². The Hall–Kier alpha value is -3.74. The normalized spacial score (nSPS) is 25.8. The highest BCUT2D eigenvalue weighted by Crippen LogP contribution is 2.53. The molecule has 3 amide bonds. The predicted octanol–water partition coefficient (Wildman–Crippen LogP) is 3.03. The Morgan fingerprint density at radius 1 is 0.970 bits per heavy atom. The largest absolute Gasteiger partial charge is 0.452 e. The van der Waals surface area contributed by atoms with Crippen molar-refractivity contribution in [1.29, 1.82) is 0 Å². The van der Waals surface area contributed by atoms with Gasteiger partial charge in [-0.15, -0.1) is 0 Å². The Morgan fingerprint density at radius 3 is 2.18 bits per heavy atom. The van der Waals surface area contributed by atoms with Gasteiger partial charge in [-0.3, -0.25) is 19.3 Å². The van der Waals surface area contributed by atoms with Crippen molar-refractivity contribution in [3.05, 3.63) is 77.9 Å². The molecule has 2 aliphatic carbocycles. The molecule has 2 aromatic carbocycles. The molecule has 0 unspecified atom stereocenters. The summed E-state index contributed by atoms with van der Waals surface area (Å²) in [7, 11) is 0. The van der Waals surface area contributed by atoms with E-state index in [9.17, 15) is 19.2 Å². The van der Waals surface area contributed by atoms with Gasteiger partial charge in [-0.1, -0.05) is 42.5 Å². The summed E-state index contributed by atoms with van der Waals surface area (Å²) in [5.41, 5.74) is 1.64. The lowest BCUT2D eigenvalue weighted by atomic mass is 9.85. The van der Waals surface area contributed by atoms with Crippen molar-refractivity contribution < 1.29 is 23.9 Å². The van der Waals surface area contributed by atoms with Crippen molar-refractivity contribution in [1.82, 2.24) is 5.32 Å². The average Bonchev–Trinajstić information content (AvgIpc) is 3.52. The second kappa shape index (κ2) is 8.31. The Bertz CT molecular complexity index is 1110. The Balaban J connectivity index is 1.18. The van der Waals surface area contributed by atoms with E-state index in [1.165, 1.54) is 17.0 Å². The molecule has 1 saturated heterocycles. The number of carbonyl (C=O) groups is 4. The second-order valence-electron chi connectivity index (χ2n) is 8.83. The molecule has 7 nitrogen and oxygen atoms in total. The lowest BCUT2D eigenvalue weighted by Gasteiger charge is -2.17. The third-order valence-electron chi connectivity index (χ3n) is 6.84. The third kappa shape index (κ3) is 3.73. The third-order valence-corrected chi connectivity index (χ3v) is 6.84. The van der Waals surface area contributed by atoms with Crippen molar-refractivity contribution in [3.8, 4) is 0 Å². The molecule has 0 radical (unpaired) electrons. The highest BCUT2D eigenvalue weighted by molar-refractivity contribution is 6.22. The number of hydrogen-bond acceptors (Lipinski definition) is 5. The second-order valence-corrected chi connectivity index (χ2v) is 8.83. The number of benzene rings is 2. The van der Waals surface area contributed by atoms with Gasteiger partial charge in [-0.25, -0.2) is 4.79 Å². The highest BCUT2D eigenvalue weighted by Gasteiger charge is 2.59. The van der Waals surface area contributed by atoms with Gasteiger partial charge >= 0.3 is 5.97 Å². The van der Waals surface area contributed by atoms with Crippen LogP contribution in [0.2, 0.25) is 0 Å². The van der Waals surface area contributed by atoms with E-state index in [0.717, 1.165) is 12.0 Å². The van der Waals surface area contributed by atoms with Gasteiger partial charge in [0.15, 0.2) is 6.61 Å². The van der Waals surface area contributed by atoms with E-state index < -0.39 is 18.5 Å². The van der Waals surface area contributed by atoms with E-state index in [-0.39, 0.29) is 47.1 Å². The number of anilines is 1. The number of nitrogens with zero attached hydrogens (tertiary/aromatic N) is 1. The summed E-state index contributed by atoms with van der Waals surface area (Å²) < 4.78 is 5.12. The van der Waals surface area contributed by atoms with Crippen LogP contribution in [0.5, 0.6) is 0 Å². The first-order valence-electron chi connectivity index (χ1n) is 11.1. The monoisotopic (exact) mass is 444 g/mol. The number of esters is 1. The minimum Gasteiger partial charge on any atom is -0.452 e. The van der Waals surface area contributed by atoms with Gasteiger partial charge in [-0.2, -0.15) is 0 Å². The topological polar surface area (TPSA) is 92.8 Å². The Kier molecular flexibility index (Phi) is 5.32. The maximum atomic E-state index is 12.9. The number of rotatable bonds is 6. The maximum absolute atomic E-state index is 12.9. The number of imide groups is 1. The molecule has 168 valence electrons. The van der Waals surface area contributed by atoms with E-state index in [1.54, 1.807) is 12.1 Å².